The summed E-state index contributed by atoms with van der Waals surface area (Å²) in [6, 6.07) is 16.2. The maximum atomic E-state index is 12.4. The van der Waals surface area contributed by atoms with Crippen LogP contribution in [0.4, 0.5) is 0 Å². The van der Waals surface area contributed by atoms with Gasteiger partial charge in [-0.2, -0.15) is 0 Å². The Bertz CT molecular complexity index is 839. The fourth-order valence-electron chi connectivity index (χ4n) is 2.05. The van der Waals surface area contributed by atoms with Crippen LogP contribution in [0, 0.1) is 6.92 Å². The highest BCUT2D eigenvalue weighted by molar-refractivity contribution is 5.35. The summed E-state index contributed by atoms with van der Waals surface area (Å²) in [4.78, 5) is 24.4. The molecule has 20 heavy (non-hydrogen) atoms. The maximum absolute atomic E-state index is 12.4. The first kappa shape index (κ1) is 12.2. The summed E-state index contributed by atoms with van der Waals surface area (Å²) in [6.07, 6.45) is 0. The number of aryl methyl sites for hydroxylation is 1. The minimum absolute atomic E-state index is 0.412. The fourth-order valence-corrected chi connectivity index (χ4v) is 2.05. The van der Waals surface area contributed by atoms with Crippen molar-refractivity contribution in [2.24, 2.45) is 0 Å². The maximum Gasteiger partial charge on any atom is 0.356 e. The molecule has 0 aliphatic rings. The number of para-hydroxylation sites is 1. The van der Waals surface area contributed by atoms with Gasteiger partial charge in [-0.15, -0.1) is 0 Å². The van der Waals surface area contributed by atoms with Gasteiger partial charge < -0.3 is 0 Å². The quantitative estimate of drug-likeness (QED) is 0.767. The molecule has 0 radical (unpaired) electrons. The molecule has 1 aromatic heterocycles. The van der Waals surface area contributed by atoms with Crippen molar-refractivity contribution in [1.82, 2.24) is 14.3 Å². The molecule has 3 rings (SSSR count). The van der Waals surface area contributed by atoms with E-state index in [1.54, 1.807) is 24.3 Å². The minimum atomic E-state index is -0.456. The van der Waals surface area contributed by atoms with Gasteiger partial charge in [-0.25, -0.2) is 23.9 Å². The van der Waals surface area contributed by atoms with Gasteiger partial charge >= 0.3 is 11.4 Å². The zero-order valence-electron chi connectivity index (χ0n) is 10.9. The molecule has 1 heterocycles. The predicted molar refractivity (Wildman–Crippen MR) is 76.7 cm³/mol. The van der Waals surface area contributed by atoms with Crippen LogP contribution in [0.5, 0.6) is 0 Å². The highest BCUT2D eigenvalue weighted by atomic mass is 16.2. The summed E-state index contributed by atoms with van der Waals surface area (Å²) < 4.78 is 2.36. The number of rotatable bonds is 2. The van der Waals surface area contributed by atoms with Gasteiger partial charge in [0.1, 0.15) is 0 Å². The molecule has 0 fully saturated rings. The average Bonchev–Trinajstić information content (AvgIpc) is 2.76. The van der Waals surface area contributed by atoms with Crippen LogP contribution in [0.15, 0.2) is 64.2 Å². The zero-order valence-corrected chi connectivity index (χ0v) is 10.9. The van der Waals surface area contributed by atoms with Crippen molar-refractivity contribution in [2.45, 2.75) is 6.92 Å². The normalized spacial score (nSPS) is 10.7. The van der Waals surface area contributed by atoms with Crippen LogP contribution in [0.3, 0.4) is 0 Å². The van der Waals surface area contributed by atoms with Crippen molar-refractivity contribution >= 4 is 0 Å². The van der Waals surface area contributed by atoms with Crippen LogP contribution in [0.25, 0.3) is 11.4 Å². The molecule has 0 saturated carbocycles. The lowest BCUT2D eigenvalue weighted by Gasteiger charge is -2.00. The van der Waals surface area contributed by atoms with Crippen molar-refractivity contribution in [2.75, 3.05) is 0 Å². The standard InChI is InChI=1S/C15H13N3O2/c1-11-7-9-12(10-8-11)17-14(19)16-18(15(17)20)13-5-3-2-4-6-13/h2-10H,1H3,(H,16,19). The van der Waals surface area contributed by atoms with Crippen molar-refractivity contribution < 1.29 is 0 Å². The van der Waals surface area contributed by atoms with E-state index in [1.807, 2.05) is 37.3 Å². The second-order valence-corrected chi connectivity index (χ2v) is 4.54. The van der Waals surface area contributed by atoms with E-state index in [4.69, 9.17) is 0 Å². The summed E-state index contributed by atoms with van der Waals surface area (Å²) in [5.41, 5.74) is 1.38. The minimum Gasteiger partial charge on any atom is -0.246 e. The smallest absolute Gasteiger partial charge is 0.246 e. The van der Waals surface area contributed by atoms with Crippen molar-refractivity contribution in [3.05, 3.63) is 81.1 Å². The summed E-state index contributed by atoms with van der Waals surface area (Å²) >= 11 is 0. The van der Waals surface area contributed by atoms with E-state index < -0.39 is 11.4 Å². The summed E-state index contributed by atoms with van der Waals surface area (Å²) in [7, 11) is 0. The number of nitrogens with one attached hydrogen (secondary N) is 1. The van der Waals surface area contributed by atoms with Crippen LogP contribution in [0.2, 0.25) is 0 Å². The molecule has 1 N–H and O–H groups in total. The summed E-state index contributed by atoms with van der Waals surface area (Å²) in [5, 5.41) is 2.55. The first-order chi connectivity index (χ1) is 9.66. The number of nitrogens with zero attached hydrogens (tertiary/aromatic N) is 2. The zero-order chi connectivity index (χ0) is 14.1. The Kier molecular flexibility index (Phi) is 2.87. The SMILES string of the molecule is Cc1ccc(-n2c(=O)[nH]n(-c3ccccc3)c2=O)cc1. The Labute approximate surface area is 114 Å². The number of aromatic amines is 1. The Morgan fingerprint density at radius 2 is 1.50 bits per heavy atom. The molecule has 5 heteroatoms. The predicted octanol–water partition coefficient (Wildman–Crippen LogP) is 1.62. The van der Waals surface area contributed by atoms with E-state index in [2.05, 4.69) is 5.10 Å². The number of H-pyrrole nitrogens is 1. The molecular weight excluding hydrogens is 254 g/mol. The molecule has 0 aliphatic heterocycles. The molecule has 3 aromatic rings. The third-order valence-electron chi connectivity index (χ3n) is 3.10. The summed E-state index contributed by atoms with van der Waals surface area (Å²) in [6.45, 7) is 1.95. The topological polar surface area (TPSA) is 59.8 Å². The van der Waals surface area contributed by atoms with Gasteiger partial charge in [0.2, 0.25) is 0 Å². The number of hydrogen-bond donors (Lipinski definition) is 1. The van der Waals surface area contributed by atoms with E-state index in [9.17, 15) is 9.59 Å². The first-order valence-corrected chi connectivity index (χ1v) is 6.23. The van der Waals surface area contributed by atoms with Gasteiger partial charge in [-0.3, -0.25) is 0 Å². The van der Waals surface area contributed by atoms with E-state index in [0.717, 1.165) is 10.1 Å². The molecule has 0 amide bonds. The lowest BCUT2D eigenvalue weighted by molar-refractivity contribution is 0.827. The molecule has 0 saturated heterocycles. The molecule has 0 unspecified atom stereocenters. The van der Waals surface area contributed by atoms with Crippen LogP contribution < -0.4 is 11.4 Å². The highest BCUT2D eigenvalue weighted by Gasteiger charge is 2.11. The number of hydrogen-bond acceptors (Lipinski definition) is 2. The van der Waals surface area contributed by atoms with Crippen LogP contribution in [-0.2, 0) is 0 Å². The van der Waals surface area contributed by atoms with E-state index in [0.29, 0.717) is 11.4 Å². The van der Waals surface area contributed by atoms with Crippen LogP contribution in [0.1, 0.15) is 5.56 Å². The van der Waals surface area contributed by atoms with Crippen LogP contribution in [-0.4, -0.2) is 14.3 Å². The molecule has 0 spiro atoms. The lowest BCUT2D eigenvalue weighted by Crippen LogP contribution is -2.26. The van der Waals surface area contributed by atoms with Crippen LogP contribution >= 0.6 is 0 Å². The van der Waals surface area contributed by atoms with Gasteiger partial charge in [0, 0.05) is 0 Å². The molecule has 5 nitrogen and oxygen atoms in total. The molecule has 2 aromatic carbocycles. The first-order valence-electron chi connectivity index (χ1n) is 6.23. The lowest BCUT2D eigenvalue weighted by atomic mass is 10.2. The Balaban J connectivity index is 2.20. The third-order valence-corrected chi connectivity index (χ3v) is 3.10. The largest absolute Gasteiger partial charge is 0.356 e. The Morgan fingerprint density at radius 3 is 2.15 bits per heavy atom. The van der Waals surface area contributed by atoms with E-state index in [1.165, 1.54) is 4.68 Å². The Hall–Kier alpha value is -2.82. The van der Waals surface area contributed by atoms with E-state index in [-0.39, 0.29) is 0 Å². The van der Waals surface area contributed by atoms with E-state index >= 15 is 0 Å². The van der Waals surface area contributed by atoms with Gasteiger partial charge in [0.25, 0.3) is 0 Å². The number of aromatic nitrogens is 3. The van der Waals surface area contributed by atoms with Gasteiger partial charge in [-0.05, 0) is 31.2 Å². The second kappa shape index (κ2) is 4.70. The Morgan fingerprint density at radius 1 is 0.850 bits per heavy atom. The molecule has 100 valence electrons. The van der Waals surface area contributed by atoms with Gasteiger partial charge in [0.05, 0.1) is 11.4 Å². The molecular formula is C15H13N3O2. The van der Waals surface area contributed by atoms with Crippen molar-refractivity contribution in [3.63, 3.8) is 0 Å². The van der Waals surface area contributed by atoms with Crippen molar-refractivity contribution in [3.8, 4) is 11.4 Å². The monoisotopic (exact) mass is 267 g/mol. The molecule has 0 atom stereocenters. The van der Waals surface area contributed by atoms with Crippen molar-refractivity contribution in [1.29, 1.82) is 0 Å². The number of benzene rings is 2. The molecule has 0 bridgehead atoms. The highest BCUT2D eigenvalue weighted by Crippen LogP contribution is 2.06. The average molecular weight is 267 g/mol. The third kappa shape index (κ3) is 1.99. The second-order valence-electron chi connectivity index (χ2n) is 4.54. The van der Waals surface area contributed by atoms with Gasteiger partial charge in [0.15, 0.2) is 0 Å². The molecule has 0 aliphatic carbocycles. The van der Waals surface area contributed by atoms with Gasteiger partial charge in [-0.1, -0.05) is 35.9 Å². The fraction of sp³-hybridized carbons (Fsp3) is 0.0667. The summed E-state index contributed by atoms with van der Waals surface area (Å²) in [5.74, 6) is 0.